The highest BCUT2D eigenvalue weighted by Gasteiger charge is 2.16. The van der Waals surface area contributed by atoms with E-state index >= 15 is 0 Å². The number of hydrogen-bond acceptors (Lipinski definition) is 2. The molecule has 0 N–H and O–H groups in total. The highest BCUT2D eigenvalue weighted by Crippen LogP contribution is 2.20. The third-order valence-electron chi connectivity index (χ3n) is 2.54. The Kier molecular flexibility index (Phi) is 3.21. The van der Waals surface area contributed by atoms with Crippen LogP contribution in [0.2, 0.25) is 0 Å². The van der Waals surface area contributed by atoms with E-state index in [1.54, 1.807) is 12.1 Å². The molecule has 0 aliphatic carbocycles. The first-order valence-electron chi connectivity index (χ1n) is 5.26. The molecular formula is C12H15FO2. The Morgan fingerprint density at radius 1 is 1.53 bits per heavy atom. The Hall–Kier alpha value is -1.09. The molecule has 1 saturated heterocycles. The summed E-state index contributed by atoms with van der Waals surface area (Å²) >= 11 is 0. The van der Waals surface area contributed by atoms with E-state index in [0.717, 1.165) is 25.0 Å². The maximum Gasteiger partial charge on any atom is 0.165 e. The molecule has 82 valence electrons. The Bertz CT molecular complexity index is 332. The van der Waals surface area contributed by atoms with Crippen LogP contribution in [0.25, 0.3) is 0 Å². The van der Waals surface area contributed by atoms with Crippen molar-refractivity contribution < 1.29 is 13.9 Å². The predicted octanol–water partition coefficient (Wildman–Crippen LogP) is 2.69. The molecule has 2 rings (SSSR count). The molecule has 2 nitrogen and oxygen atoms in total. The quantitative estimate of drug-likeness (QED) is 0.763. The van der Waals surface area contributed by atoms with E-state index in [1.807, 2.05) is 6.92 Å². The molecule has 1 aliphatic rings. The van der Waals surface area contributed by atoms with Gasteiger partial charge in [-0.25, -0.2) is 4.39 Å². The van der Waals surface area contributed by atoms with Gasteiger partial charge in [0.1, 0.15) is 6.61 Å². The lowest BCUT2D eigenvalue weighted by Crippen LogP contribution is -2.16. The van der Waals surface area contributed by atoms with Crippen LogP contribution in [-0.2, 0) is 4.74 Å². The predicted molar refractivity (Wildman–Crippen MR) is 55.6 cm³/mol. The van der Waals surface area contributed by atoms with E-state index < -0.39 is 0 Å². The number of rotatable bonds is 3. The number of benzene rings is 1. The van der Waals surface area contributed by atoms with Crippen molar-refractivity contribution in [3.05, 3.63) is 29.6 Å². The van der Waals surface area contributed by atoms with Crippen molar-refractivity contribution in [1.29, 1.82) is 0 Å². The Morgan fingerprint density at radius 2 is 2.40 bits per heavy atom. The second-order valence-corrected chi connectivity index (χ2v) is 3.88. The van der Waals surface area contributed by atoms with Crippen LogP contribution in [0.4, 0.5) is 4.39 Å². The summed E-state index contributed by atoms with van der Waals surface area (Å²) < 4.78 is 24.1. The van der Waals surface area contributed by atoms with Crippen LogP contribution in [0.5, 0.6) is 5.75 Å². The third kappa shape index (κ3) is 2.69. The first-order valence-corrected chi connectivity index (χ1v) is 5.26. The molecule has 1 aliphatic heterocycles. The molecule has 0 spiro atoms. The molecule has 0 radical (unpaired) electrons. The van der Waals surface area contributed by atoms with Gasteiger partial charge in [0.15, 0.2) is 11.6 Å². The van der Waals surface area contributed by atoms with Crippen LogP contribution in [0, 0.1) is 12.7 Å². The van der Waals surface area contributed by atoms with E-state index in [2.05, 4.69) is 0 Å². The molecule has 1 atom stereocenters. The van der Waals surface area contributed by atoms with Crippen LogP contribution in [0.3, 0.4) is 0 Å². The first-order chi connectivity index (χ1) is 7.25. The maximum absolute atomic E-state index is 13.3. The second kappa shape index (κ2) is 4.62. The Morgan fingerprint density at radius 3 is 3.13 bits per heavy atom. The fraction of sp³-hybridized carbons (Fsp3) is 0.500. The fourth-order valence-electron chi connectivity index (χ4n) is 1.68. The van der Waals surface area contributed by atoms with Gasteiger partial charge in [0.25, 0.3) is 0 Å². The zero-order chi connectivity index (χ0) is 10.7. The Labute approximate surface area is 89.0 Å². The van der Waals surface area contributed by atoms with Crippen LogP contribution in [-0.4, -0.2) is 19.3 Å². The number of ether oxygens (including phenoxy) is 2. The van der Waals surface area contributed by atoms with E-state index in [-0.39, 0.29) is 11.9 Å². The zero-order valence-electron chi connectivity index (χ0n) is 8.83. The minimum absolute atomic E-state index is 0.130. The lowest BCUT2D eigenvalue weighted by Gasteiger charge is -2.12. The molecule has 1 aromatic rings. The van der Waals surface area contributed by atoms with Gasteiger partial charge in [-0.05, 0) is 37.5 Å². The van der Waals surface area contributed by atoms with Gasteiger partial charge in [0, 0.05) is 6.61 Å². The summed E-state index contributed by atoms with van der Waals surface area (Å²) in [6.07, 6.45) is 2.21. The van der Waals surface area contributed by atoms with Crippen molar-refractivity contribution in [2.24, 2.45) is 0 Å². The lowest BCUT2D eigenvalue weighted by atomic mass is 10.2. The molecule has 0 bridgehead atoms. The third-order valence-corrected chi connectivity index (χ3v) is 2.54. The van der Waals surface area contributed by atoms with Crippen molar-refractivity contribution in [3.63, 3.8) is 0 Å². The summed E-state index contributed by atoms with van der Waals surface area (Å²) in [7, 11) is 0. The molecule has 3 heteroatoms. The summed E-state index contributed by atoms with van der Waals surface area (Å²) in [4.78, 5) is 0. The zero-order valence-corrected chi connectivity index (χ0v) is 8.83. The van der Waals surface area contributed by atoms with Gasteiger partial charge in [-0.3, -0.25) is 0 Å². The molecule has 1 unspecified atom stereocenters. The summed E-state index contributed by atoms with van der Waals surface area (Å²) in [5.41, 5.74) is 0.999. The highest BCUT2D eigenvalue weighted by molar-refractivity contribution is 5.29. The number of hydrogen-bond donors (Lipinski definition) is 0. The molecule has 0 saturated carbocycles. The van der Waals surface area contributed by atoms with Gasteiger partial charge < -0.3 is 9.47 Å². The van der Waals surface area contributed by atoms with Crippen molar-refractivity contribution in [2.45, 2.75) is 25.9 Å². The van der Waals surface area contributed by atoms with E-state index in [9.17, 15) is 4.39 Å². The molecule has 15 heavy (non-hydrogen) atoms. The normalized spacial score (nSPS) is 20.5. The second-order valence-electron chi connectivity index (χ2n) is 3.88. The number of aryl methyl sites for hydroxylation is 1. The summed E-state index contributed by atoms with van der Waals surface area (Å²) in [6.45, 7) is 3.16. The van der Waals surface area contributed by atoms with Gasteiger partial charge in [-0.2, -0.15) is 0 Å². The van der Waals surface area contributed by atoms with Crippen LogP contribution < -0.4 is 4.74 Å². The average Bonchev–Trinajstić information content (AvgIpc) is 2.72. The van der Waals surface area contributed by atoms with E-state index in [0.29, 0.717) is 12.4 Å². The van der Waals surface area contributed by atoms with Crippen LogP contribution >= 0.6 is 0 Å². The van der Waals surface area contributed by atoms with Crippen molar-refractivity contribution in [1.82, 2.24) is 0 Å². The Balaban J connectivity index is 1.94. The first kappa shape index (κ1) is 10.4. The summed E-state index contributed by atoms with van der Waals surface area (Å²) in [6, 6.07) is 4.87. The van der Waals surface area contributed by atoms with Crippen LogP contribution in [0.1, 0.15) is 18.4 Å². The standard InChI is InChI=1S/C12H15FO2/c1-9-4-5-11(13)12(7-9)15-8-10-3-2-6-14-10/h4-5,7,10H,2-3,6,8H2,1H3. The molecule has 0 amide bonds. The molecule has 1 fully saturated rings. The highest BCUT2D eigenvalue weighted by atomic mass is 19.1. The fourth-order valence-corrected chi connectivity index (χ4v) is 1.68. The smallest absolute Gasteiger partial charge is 0.165 e. The summed E-state index contributed by atoms with van der Waals surface area (Å²) in [5, 5.41) is 0. The molecule has 1 heterocycles. The minimum Gasteiger partial charge on any atom is -0.488 e. The van der Waals surface area contributed by atoms with E-state index in [1.165, 1.54) is 6.07 Å². The molecular weight excluding hydrogens is 195 g/mol. The van der Waals surface area contributed by atoms with Gasteiger partial charge in [0.2, 0.25) is 0 Å². The van der Waals surface area contributed by atoms with Gasteiger partial charge >= 0.3 is 0 Å². The van der Waals surface area contributed by atoms with E-state index in [4.69, 9.17) is 9.47 Å². The largest absolute Gasteiger partial charge is 0.488 e. The molecule has 1 aromatic carbocycles. The van der Waals surface area contributed by atoms with Gasteiger partial charge in [0.05, 0.1) is 6.10 Å². The van der Waals surface area contributed by atoms with Gasteiger partial charge in [-0.15, -0.1) is 0 Å². The topological polar surface area (TPSA) is 18.5 Å². The van der Waals surface area contributed by atoms with Crippen molar-refractivity contribution in [3.8, 4) is 5.75 Å². The molecule has 0 aromatic heterocycles. The minimum atomic E-state index is -0.307. The SMILES string of the molecule is Cc1ccc(F)c(OCC2CCCO2)c1. The van der Waals surface area contributed by atoms with Gasteiger partial charge in [-0.1, -0.05) is 6.07 Å². The number of halogens is 1. The van der Waals surface area contributed by atoms with Crippen LogP contribution in [0.15, 0.2) is 18.2 Å². The average molecular weight is 210 g/mol. The lowest BCUT2D eigenvalue weighted by molar-refractivity contribution is 0.0665. The van der Waals surface area contributed by atoms with Crippen molar-refractivity contribution >= 4 is 0 Å². The van der Waals surface area contributed by atoms with Crippen molar-refractivity contribution in [2.75, 3.05) is 13.2 Å². The monoisotopic (exact) mass is 210 g/mol. The summed E-state index contributed by atoms with van der Waals surface area (Å²) in [5.74, 6) is 0.0177. The maximum atomic E-state index is 13.3.